The first-order valence-electron chi connectivity index (χ1n) is 8.55. The highest BCUT2D eigenvalue weighted by Gasteiger charge is 2.23. The number of rotatable bonds is 6. The van der Waals surface area contributed by atoms with Gasteiger partial charge in [-0.25, -0.2) is 8.42 Å². The molecule has 0 bridgehead atoms. The van der Waals surface area contributed by atoms with E-state index in [2.05, 4.69) is 19.2 Å². The molecule has 0 heterocycles. The molecule has 26 heavy (non-hydrogen) atoms. The number of likely N-dealkylation sites (N-methyl/N-ethyl adjacent to an activating group) is 1. The Morgan fingerprint density at radius 2 is 1.69 bits per heavy atom. The lowest BCUT2D eigenvalue weighted by Gasteiger charge is -2.20. The van der Waals surface area contributed by atoms with Crippen LogP contribution >= 0.6 is 0 Å². The molecule has 0 aliphatic rings. The Morgan fingerprint density at radius 1 is 1.08 bits per heavy atom. The second-order valence-electron chi connectivity index (χ2n) is 6.82. The van der Waals surface area contributed by atoms with Crippen LogP contribution in [0.3, 0.4) is 0 Å². The van der Waals surface area contributed by atoms with Gasteiger partial charge in [-0.3, -0.25) is 4.79 Å². The Hall–Kier alpha value is -2.18. The van der Waals surface area contributed by atoms with Gasteiger partial charge in [-0.05, 0) is 43.0 Å². The molecule has 140 valence electrons. The van der Waals surface area contributed by atoms with E-state index in [4.69, 9.17) is 0 Å². The van der Waals surface area contributed by atoms with Gasteiger partial charge < -0.3 is 5.32 Å². The van der Waals surface area contributed by atoms with Crippen LogP contribution in [0.5, 0.6) is 0 Å². The van der Waals surface area contributed by atoms with Crippen molar-refractivity contribution in [1.82, 2.24) is 4.31 Å². The summed E-state index contributed by atoms with van der Waals surface area (Å²) in [6.45, 7) is 7.68. The fourth-order valence-corrected chi connectivity index (χ4v) is 3.83. The summed E-state index contributed by atoms with van der Waals surface area (Å²) in [5, 5.41) is 2.88. The third-order valence-electron chi connectivity index (χ3n) is 4.29. The van der Waals surface area contributed by atoms with Crippen LogP contribution in [0.4, 0.5) is 5.69 Å². The average Bonchev–Trinajstić information content (AvgIpc) is 2.56. The van der Waals surface area contributed by atoms with Crippen molar-refractivity contribution in [3.8, 4) is 0 Å². The van der Waals surface area contributed by atoms with Gasteiger partial charge in [0.25, 0.3) is 0 Å². The molecule has 2 aromatic rings. The molecule has 0 spiro atoms. The van der Waals surface area contributed by atoms with Gasteiger partial charge in [0.05, 0.1) is 11.4 Å². The number of sulfonamides is 1. The molecule has 6 heteroatoms. The van der Waals surface area contributed by atoms with E-state index in [1.807, 2.05) is 32.0 Å². The van der Waals surface area contributed by atoms with Crippen LogP contribution in [0.15, 0.2) is 47.4 Å². The number of amides is 1. The summed E-state index contributed by atoms with van der Waals surface area (Å²) in [7, 11) is -2.29. The monoisotopic (exact) mass is 374 g/mol. The zero-order valence-electron chi connectivity index (χ0n) is 15.9. The van der Waals surface area contributed by atoms with Crippen molar-refractivity contribution < 1.29 is 13.2 Å². The van der Waals surface area contributed by atoms with Crippen LogP contribution in [0.25, 0.3) is 0 Å². The van der Waals surface area contributed by atoms with E-state index >= 15 is 0 Å². The van der Waals surface area contributed by atoms with Gasteiger partial charge in [-0.15, -0.1) is 0 Å². The molecule has 2 rings (SSSR count). The summed E-state index contributed by atoms with van der Waals surface area (Å²) in [4.78, 5) is 12.6. The molecule has 0 aliphatic carbocycles. The van der Waals surface area contributed by atoms with Crippen molar-refractivity contribution in [2.45, 2.75) is 38.5 Å². The van der Waals surface area contributed by atoms with Crippen LogP contribution in [0.2, 0.25) is 0 Å². The number of carbonyl (C=O) groups excluding carboxylic acids is 1. The number of nitrogens with zero attached hydrogens (tertiary/aromatic N) is 1. The SMILES string of the molecule is Cc1ccc(S(=O)(=O)N(C)CC(=O)Nc2c(C)cccc2C(C)C)cc1. The molecule has 0 saturated carbocycles. The number of nitrogens with one attached hydrogen (secondary N) is 1. The Morgan fingerprint density at radius 3 is 2.27 bits per heavy atom. The molecular weight excluding hydrogens is 348 g/mol. The van der Waals surface area contributed by atoms with Crippen molar-refractivity contribution >= 4 is 21.6 Å². The van der Waals surface area contributed by atoms with Crippen LogP contribution in [-0.2, 0) is 14.8 Å². The summed E-state index contributed by atoms with van der Waals surface area (Å²) in [6.07, 6.45) is 0. The van der Waals surface area contributed by atoms with Crippen molar-refractivity contribution in [2.24, 2.45) is 0 Å². The van der Waals surface area contributed by atoms with E-state index in [-0.39, 0.29) is 23.3 Å². The van der Waals surface area contributed by atoms with Gasteiger partial charge in [-0.1, -0.05) is 49.7 Å². The predicted molar refractivity (Wildman–Crippen MR) is 105 cm³/mol. The number of carbonyl (C=O) groups is 1. The standard InChI is InChI=1S/C20H26N2O3S/c1-14(2)18-8-6-7-16(4)20(18)21-19(23)13-22(5)26(24,25)17-11-9-15(3)10-12-17/h6-12,14H,13H2,1-5H3,(H,21,23). The number of hydrogen-bond donors (Lipinski definition) is 1. The lowest BCUT2D eigenvalue weighted by Crippen LogP contribution is -2.35. The van der Waals surface area contributed by atoms with Crippen LogP contribution in [-0.4, -0.2) is 32.2 Å². The molecule has 0 unspecified atom stereocenters. The number of benzene rings is 2. The zero-order chi connectivity index (χ0) is 19.5. The second-order valence-corrected chi connectivity index (χ2v) is 8.86. The molecule has 0 saturated heterocycles. The predicted octanol–water partition coefficient (Wildman–Crippen LogP) is 3.69. The van der Waals surface area contributed by atoms with E-state index in [9.17, 15) is 13.2 Å². The van der Waals surface area contributed by atoms with E-state index in [0.29, 0.717) is 0 Å². The van der Waals surface area contributed by atoms with Crippen LogP contribution in [0, 0.1) is 13.8 Å². The molecule has 0 fully saturated rings. The maximum atomic E-state index is 12.6. The van der Waals surface area contributed by atoms with Gasteiger partial charge in [0.2, 0.25) is 15.9 Å². The summed E-state index contributed by atoms with van der Waals surface area (Å²) < 4.78 is 26.3. The highest BCUT2D eigenvalue weighted by atomic mass is 32.2. The lowest BCUT2D eigenvalue weighted by molar-refractivity contribution is -0.116. The fourth-order valence-electron chi connectivity index (χ4n) is 2.70. The number of hydrogen-bond acceptors (Lipinski definition) is 3. The molecule has 1 amide bonds. The number of para-hydroxylation sites is 1. The minimum Gasteiger partial charge on any atom is -0.324 e. The molecule has 0 radical (unpaired) electrons. The molecule has 0 atom stereocenters. The Bertz CT molecular complexity index is 888. The zero-order valence-corrected chi connectivity index (χ0v) is 16.7. The first-order valence-corrected chi connectivity index (χ1v) is 9.99. The molecule has 0 aliphatic heterocycles. The minimum absolute atomic E-state index is 0.178. The number of aryl methyl sites for hydroxylation is 2. The van der Waals surface area contributed by atoms with Gasteiger partial charge in [0, 0.05) is 12.7 Å². The lowest BCUT2D eigenvalue weighted by atomic mass is 9.98. The van der Waals surface area contributed by atoms with Gasteiger partial charge in [0.1, 0.15) is 0 Å². The summed E-state index contributed by atoms with van der Waals surface area (Å²) >= 11 is 0. The van der Waals surface area contributed by atoms with Crippen LogP contribution in [0.1, 0.15) is 36.5 Å². The third kappa shape index (κ3) is 4.51. The third-order valence-corrected chi connectivity index (χ3v) is 6.10. The van der Waals surface area contributed by atoms with Crippen molar-refractivity contribution in [2.75, 3.05) is 18.9 Å². The van der Waals surface area contributed by atoms with E-state index in [1.54, 1.807) is 24.3 Å². The summed E-state index contributed by atoms with van der Waals surface area (Å²) in [6, 6.07) is 12.4. The highest BCUT2D eigenvalue weighted by molar-refractivity contribution is 7.89. The second kappa shape index (κ2) is 8.01. The van der Waals surface area contributed by atoms with Crippen molar-refractivity contribution in [3.05, 3.63) is 59.2 Å². The van der Waals surface area contributed by atoms with Crippen molar-refractivity contribution in [1.29, 1.82) is 0 Å². The highest BCUT2D eigenvalue weighted by Crippen LogP contribution is 2.27. The van der Waals surface area contributed by atoms with E-state index < -0.39 is 10.0 Å². The smallest absolute Gasteiger partial charge is 0.243 e. The van der Waals surface area contributed by atoms with Gasteiger partial charge in [0.15, 0.2) is 0 Å². The Kier molecular flexibility index (Phi) is 6.21. The molecule has 0 aromatic heterocycles. The maximum absolute atomic E-state index is 12.6. The van der Waals surface area contributed by atoms with Gasteiger partial charge >= 0.3 is 0 Å². The molecule has 5 nitrogen and oxygen atoms in total. The van der Waals surface area contributed by atoms with Crippen molar-refractivity contribution in [3.63, 3.8) is 0 Å². The molecule has 2 aromatic carbocycles. The summed E-state index contributed by atoms with van der Waals surface area (Å²) in [5.74, 6) is -0.112. The first kappa shape index (κ1) is 20.1. The molecular formula is C20H26N2O3S. The van der Waals surface area contributed by atoms with Crippen LogP contribution < -0.4 is 5.32 Å². The normalized spacial score (nSPS) is 11.8. The largest absolute Gasteiger partial charge is 0.324 e. The number of anilines is 1. The van der Waals surface area contributed by atoms with E-state index in [1.165, 1.54) is 7.05 Å². The Labute approximate surface area is 156 Å². The average molecular weight is 375 g/mol. The Balaban J connectivity index is 2.16. The fraction of sp³-hybridized carbons (Fsp3) is 0.350. The first-order chi connectivity index (χ1) is 12.1. The molecule has 1 N–H and O–H groups in total. The minimum atomic E-state index is -3.71. The topological polar surface area (TPSA) is 66.5 Å². The quantitative estimate of drug-likeness (QED) is 0.839. The summed E-state index contributed by atoms with van der Waals surface area (Å²) in [5.41, 5.74) is 3.72. The van der Waals surface area contributed by atoms with Gasteiger partial charge in [-0.2, -0.15) is 4.31 Å². The van der Waals surface area contributed by atoms with E-state index in [0.717, 1.165) is 26.7 Å². The maximum Gasteiger partial charge on any atom is 0.243 e.